The lowest BCUT2D eigenvalue weighted by Crippen LogP contribution is -2.45. The summed E-state index contributed by atoms with van der Waals surface area (Å²) in [6.45, 7) is 6.83. The number of rotatable bonds is 2. The fraction of sp³-hybridized carbons (Fsp3) is 0.625. The van der Waals surface area contributed by atoms with Crippen LogP contribution in [0.5, 0.6) is 0 Å². The normalized spacial score (nSPS) is 19.6. The molecule has 0 saturated carbocycles. The smallest absolute Gasteiger partial charge is 0.254 e. The van der Waals surface area contributed by atoms with Crippen molar-refractivity contribution in [1.29, 1.82) is 0 Å². The number of hydrogen-bond donors (Lipinski definition) is 2. The van der Waals surface area contributed by atoms with Crippen LogP contribution in [-0.2, 0) is 5.41 Å². The number of carbonyl (C=O) groups excluding carboxylic acids is 1. The van der Waals surface area contributed by atoms with Crippen molar-refractivity contribution in [2.75, 3.05) is 18.9 Å². The molecule has 1 unspecified atom stereocenters. The Morgan fingerprint density at radius 2 is 2.14 bits per heavy atom. The number of carbonyl (C=O) groups is 1. The molecule has 1 fully saturated rings. The molecule has 1 aromatic rings. The minimum absolute atomic E-state index is 0.0123. The minimum atomic E-state index is -0.164. The zero-order valence-corrected chi connectivity index (χ0v) is 13.1. The number of aromatic nitrogens is 1. The molecular weight excluding hydrogens is 266 g/mol. The van der Waals surface area contributed by atoms with E-state index in [1.54, 1.807) is 11.0 Å². The number of pyridine rings is 1. The maximum Gasteiger partial charge on any atom is 0.254 e. The van der Waals surface area contributed by atoms with Gasteiger partial charge in [0, 0.05) is 23.2 Å². The Balaban J connectivity index is 2.32. The van der Waals surface area contributed by atoms with E-state index in [1.807, 2.05) is 26.8 Å². The van der Waals surface area contributed by atoms with Gasteiger partial charge in [0.1, 0.15) is 5.82 Å². The predicted molar refractivity (Wildman–Crippen MR) is 83.1 cm³/mol. The van der Waals surface area contributed by atoms with E-state index in [0.717, 1.165) is 25.0 Å². The summed E-state index contributed by atoms with van der Waals surface area (Å²) in [6.07, 6.45) is 2.89. The van der Waals surface area contributed by atoms with Crippen LogP contribution in [0.3, 0.4) is 0 Å². The highest BCUT2D eigenvalue weighted by Gasteiger charge is 2.28. The Morgan fingerprint density at radius 3 is 2.76 bits per heavy atom. The van der Waals surface area contributed by atoms with Crippen molar-refractivity contribution < 1.29 is 9.90 Å². The van der Waals surface area contributed by atoms with Gasteiger partial charge in [0.15, 0.2) is 0 Å². The van der Waals surface area contributed by atoms with Crippen molar-refractivity contribution in [3.05, 3.63) is 23.4 Å². The lowest BCUT2D eigenvalue weighted by molar-refractivity contribution is 0.0503. The van der Waals surface area contributed by atoms with Gasteiger partial charge in [0.25, 0.3) is 5.91 Å². The van der Waals surface area contributed by atoms with Crippen LogP contribution in [0.1, 0.15) is 56.1 Å². The molecule has 2 rings (SSSR count). The predicted octanol–water partition coefficient (Wildman–Crippen LogP) is 1.95. The second kappa shape index (κ2) is 6.02. The average molecular weight is 291 g/mol. The van der Waals surface area contributed by atoms with Crippen LogP contribution in [0.2, 0.25) is 0 Å². The molecule has 1 aliphatic rings. The Hall–Kier alpha value is -1.62. The first kappa shape index (κ1) is 15.8. The minimum Gasteiger partial charge on any atom is -0.394 e. The number of likely N-dealkylation sites (tertiary alicyclic amines) is 1. The third-order valence-electron chi connectivity index (χ3n) is 3.96. The molecule has 0 spiro atoms. The van der Waals surface area contributed by atoms with Gasteiger partial charge in [-0.2, -0.15) is 0 Å². The van der Waals surface area contributed by atoms with Crippen molar-refractivity contribution in [3.63, 3.8) is 0 Å². The van der Waals surface area contributed by atoms with Gasteiger partial charge in [-0.05, 0) is 31.4 Å². The van der Waals surface area contributed by atoms with E-state index in [9.17, 15) is 9.90 Å². The third-order valence-corrected chi connectivity index (χ3v) is 3.96. The first-order valence-corrected chi connectivity index (χ1v) is 7.53. The van der Waals surface area contributed by atoms with Gasteiger partial charge in [0.2, 0.25) is 0 Å². The number of nitrogens with two attached hydrogens (primary N) is 1. The van der Waals surface area contributed by atoms with Gasteiger partial charge >= 0.3 is 0 Å². The van der Waals surface area contributed by atoms with Crippen LogP contribution < -0.4 is 5.73 Å². The molecule has 2 heterocycles. The van der Waals surface area contributed by atoms with E-state index in [4.69, 9.17) is 5.73 Å². The zero-order chi connectivity index (χ0) is 15.6. The van der Waals surface area contributed by atoms with Crippen LogP contribution in [0, 0.1) is 0 Å². The molecule has 5 heteroatoms. The van der Waals surface area contributed by atoms with Crippen LogP contribution >= 0.6 is 0 Å². The van der Waals surface area contributed by atoms with E-state index in [2.05, 4.69) is 4.98 Å². The summed E-state index contributed by atoms with van der Waals surface area (Å²) >= 11 is 0. The summed E-state index contributed by atoms with van der Waals surface area (Å²) in [6, 6.07) is 3.36. The Bertz CT molecular complexity index is 523. The molecule has 1 aliphatic heterocycles. The molecule has 1 aromatic heterocycles. The van der Waals surface area contributed by atoms with Crippen LogP contribution in [-0.4, -0.2) is 40.1 Å². The SMILES string of the molecule is CC(C)(C)c1cc(C(=O)N2CCCCC2CO)cc(N)n1. The highest BCUT2D eigenvalue weighted by molar-refractivity contribution is 5.95. The number of anilines is 1. The molecular formula is C16H25N3O2. The second-order valence-electron chi connectivity index (χ2n) is 6.75. The fourth-order valence-electron chi connectivity index (χ4n) is 2.68. The monoisotopic (exact) mass is 291 g/mol. The summed E-state index contributed by atoms with van der Waals surface area (Å²) in [5.74, 6) is 0.302. The zero-order valence-electron chi connectivity index (χ0n) is 13.1. The van der Waals surface area contributed by atoms with Crippen molar-refractivity contribution in [3.8, 4) is 0 Å². The summed E-state index contributed by atoms with van der Waals surface area (Å²) in [5.41, 5.74) is 7.07. The standard InChI is InChI=1S/C16H25N3O2/c1-16(2,3)13-8-11(9-14(17)18-13)15(21)19-7-5-4-6-12(19)10-20/h8-9,12,20H,4-7,10H2,1-3H3,(H2,17,18). The van der Waals surface area contributed by atoms with E-state index in [-0.39, 0.29) is 24.0 Å². The number of aliphatic hydroxyl groups excluding tert-OH is 1. The van der Waals surface area contributed by atoms with Crippen LogP contribution in [0.15, 0.2) is 12.1 Å². The second-order valence-corrected chi connectivity index (χ2v) is 6.75. The molecule has 1 saturated heterocycles. The molecule has 1 amide bonds. The molecule has 3 N–H and O–H groups in total. The number of nitrogens with zero attached hydrogens (tertiary/aromatic N) is 2. The largest absolute Gasteiger partial charge is 0.394 e. The molecule has 0 aromatic carbocycles. The lowest BCUT2D eigenvalue weighted by Gasteiger charge is -2.35. The van der Waals surface area contributed by atoms with Crippen LogP contribution in [0.4, 0.5) is 5.82 Å². The van der Waals surface area contributed by atoms with Crippen molar-refractivity contribution in [1.82, 2.24) is 9.88 Å². The number of amides is 1. The van der Waals surface area contributed by atoms with E-state index < -0.39 is 0 Å². The van der Waals surface area contributed by atoms with Crippen LogP contribution in [0.25, 0.3) is 0 Å². The first-order valence-electron chi connectivity index (χ1n) is 7.53. The number of aliphatic hydroxyl groups is 1. The topological polar surface area (TPSA) is 79.5 Å². The molecule has 1 atom stereocenters. The molecule has 0 aliphatic carbocycles. The average Bonchev–Trinajstić information content (AvgIpc) is 2.45. The fourth-order valence-corrected chi connectivity index (χ4v) is 2.68. The van der Waals surface area contributed by atoms with Gasteiger partial charge in [0.05, 0.1) is 12.6 Å². The summed E-state index contributed by atoms with van der Waals surface area (Å²) < 4.78 is 0. The van der Waals surface area contributed by atoms with E-state index in [1.165, 1.54) is 0 Å². The molecule has 0 bridgehead atoms. The summed E-state index contributed by atoms with van der Waals surface area (Å²) in [5, 5.41) is 9.46. The highest BCUT2D eigenvalue weighted by Crippen LogP contribution is 2.25. The Morgan fingerprint density at radius 1 is 1.43 bits per heavy atom. The molecule has 116 valence electrons. The van der Waals surface area contributed by atoms with E-state index in [0.29, 0.717) is 17.9 Å². The molecule has 21 heavy (non-hydrogen) atoms. The Labute approximate surface area is 126 Å². The molecule has 0 radical (unpaired) electrons. The highest BCUT2D eigenvalue weighted by atomic mass is 16.3. The molecule has 5 nitrogen and oxygen atoms in total. The first-order chi connectivity index (χ1) is 9.82. The van der Waals surface area contributed by atoms with Crippen molar-refractivity contribution in [2.24, 2.45) is 0 Å². The number of hydrogen-bond acceptors (Lipinski definition) is 4. The van der Waals surface area contributed by atoms with Crippen molar-refractivity contribution >= 4 is 11.7 Å². The van der Waals surface area contributed by atoms with E-state index >= 15 is 0 Å². The quantitative estimate of drug-likeness (QED) is 0.873. The van der Waals surface area contributed by atoms with Gasteiger partial charge in [-0.3, -0.25) is 4.79 Å². The lowest BCUT2D eigenvalue weighted by atomic mass is 9.90. The van der Waals surface area contributed by atoms with Gasteiger partial charge in [-0.1, -0.05) is 20.8 Å². The number of nitrogen functional groups attached to an aromatic ring is 1. The van der Waals surface area contributed by atoms with Gasteiger partial charge < -0.3 is 15.7 Å². The summed E-state index contributed by atoms with van der Waals surface area (Å²) in [7, 11) is 0. The maximum atomic E-state index is 12.7. The van der Waals surface area contributed by atoms with Crippen molar-refractivity contribution in [2.45, 2.75) is 51.5 Å². The summed E-state index contributed by atoms with van der Waals surface area (Å²) in [4.78, 5) is 18.8. The van der Waals surface area contributed by atoms with Gasteiger partial charge in [-0.15, -0.1) is 0 Å². The maximum absolute atomic E-state index is 12.7. The Kier molecular flexibility index (Phi) is 4.52. The third kappa shape index (κ3) is 3.53. The van der Waals surface area contributed by atoms with Gasteiger partial charge in [-0.25, -0.2) is 4.98 Å². The number of piperidine rings is 1.